The van der Waals surface area contributed by atoms with Crippen LogP contribution < -0.4 is 10.3 Å². The molecule has 8 nitrogen and oxygen atoms in total. The van der Waals surface area contributed by atoms with Gasteiger partial charge in [0.1, 0.15) is 17.6 Å². The van der Waals surface area contributed by atoms with Crippen LogP contribution in [0, 0.1) is 5.82 Å². The van der Waals surface area contributed by atoms with Crippen LogP contribution in [0.4, 0.5) is 4.39 Å². The van der Waals surface area contributed by atoms with E-state index in [1.165, 1.54) is 71.0 Å². The molecule has 1 unspecified atom stereocenters. The lowest BCUT2D eigenvalue weighted by molar-refractivity contribution is -0.134. The van der Waals surface area contributed by atoms with Crippen molar-refractivity contribution in [3.63, 3.8) is 0 Å². The van der Waals surface area contributed by atoms with Gasteiger partial charge in [-0.25, -0.2) is 12.8 Å². The zero-order valence-electron chi connectivity index (χ0n) is 19.8. The monoisotopic (exact) mass is 551 g/mol. The Labute approximate surface area is 221 Å². The van der Waals surface area contributed by atoms with E-state index in [-0.39, 0.29) is 29.1 Å². The number of nitrogens with zero attached hydrogens (tertiary/aromatic N) is 1. The zero-order valence-corrected chi connectivity index (χ0v) is 21.5. The zero-order chi connectivity index (χ0) is 26.7. The summed E-state index contributed by atoms with van der Waals surface area (Å²) in [7, 11) is -4.26. The van der Waals surface area contributed by atoms with Crippen molar-refractivity contribution in [2.75, 3.05) is 0 Å². The van der Waals surface area contributed by atoms with E-state index in [0.29, 0.717) is 16.7 Å². The molecule has 1 atom stereocenters. The second-order valence-corrected chi connectivity index (χ2v) is 11.3. The number of furan rings is 1. The second-order valence-electron chi connectivity index (χ2n) is 8.53. The smallest absolute Gasteiger partial charge is 0.248 e. The van der Waals surface area contributed by atoms with Crippen LogP contribution in [0.2, 0.25) is 0 Å². The van der Waals surface area contributed by atoms with E-state index in [9.17, 15) is 22.4 Å². The third kappa shape index (κ3) is 5.75. The van der Waals surface area contributed by atoms with Crippen LogP contribution >= 0.6 is 11.3 Å². The topological polar surface area (TPSA) is 112 Å². The Bertz CT molecular complexity index is 1700. The number of hydrogen-bond donors (Lipinski definition) is 2. The van der Waals surface area contributed by atoms with Crippen LogP contribution in [0.15, 0.2) is 105 Å². The number of thiophene rings is 1. The Morgan fingerprint density at radius 3 is 2.63 bits per heavy atom. The third-order valence-electron chi connectivity index (χ3n) is 5.87. The van der Waals surface area contributed by atoms with Crippen molar-refractivity contribution < 1.29 is 22.0 Å². The molecule has 11 heteroatoms. The maximum atomic E-state index is 14.2. The first kappa shape index (κ1) is 25.6. The normalized spacial score (nSPS) is 12.4. The highest BCUT2D eigenvalue weighted by Gasteiger charge is 2.32. The van der Waals surface area contributed by atoms with Gasteiger partial charge in [0, 0.05) is 16.5 Å². The Morgan fingerprint density at radius 2 is 1.89 bits per heavy atom. The van der Waals surface area contributed by atoms with E-state index in [4.69, 9.17) is 4.42 Å². The molecule has 2 aromatic carbocycles. The second kappa shape index (κ2) is 10.7. The van der Waals surface area contributed by atoms with Gasteiger partial charge in [-0.3, -0.25) is 9.59 Å². The standard InChI is InChI=1S/C27H22FN3O5S2/c28-20-5-1-4-19(14-20)26(27(33)31(16-21-6-2-12-36-21)17-22-7-3-13-37-22)30-38(34,35)23-9-10-24-18(15-23)8-11-25(32)29-24/h1-15,26,30H,16-17H2,(H,29,32). The number of pyridine rings is 1. The van der Waals surface area contributed by atoms with Gasteiger partial charge in [0.2, 0.25) is 21.5 Å². The van der Waals surface area contributed by atoms with Gasteiger partial charge in [-0.2, -0.15) is 4.72 Å². The molecule has 0 aliphatic carbocycles. The summed E-state index contributed by atoms with van der Waals surface area (Å²) in [4.78, 5) is 30.4. The van der Waals surface area contributed by atoms with Crippen molar-refractivity contribution in [1.82, 2.24) is 14.6 Å². The SMILES string of the molecule is O=C(C(NS(=O)(=O)c1ccc2[nH]c(=O)ccc2c1)c1cccc(F)c1)N(Cc1ccco1)Cc1cccs1. The summed E-state index contributed by atoms with van der Waals surface area (Å²) in [6.45, 7) is 0.286. The highest BCUT2D eigenvalue weighted by Crippen LogP contribution is 2.25. The fraction of sp³-hybridized carbons (Fsp3) is 0.111. The van der Waals surface area contributed by atoms with Crippen molar-refractivity contribution in [2.24, 2.45) is 0 Å². The van der Waals surface area contributed by atoms with Crippen LogP contribution in [0.5, 0.6) is 0 Å². The van der Waals surface area contributed by atoms with E-state index >= 15 is 0 Å². The lowest BCUT2D eigenvalue weighted by Crippen LogP contribution is -2.42. The molecular weight excluding hydrogens is 529 g/mol. The van der Waals surface area contributed by atoms with Crippen LogP contribution in [-0.2, 0) is 27.9 Å². The molecule has 0 spiro atoms. The number of aromatic amines is 1. The van der Waals surface area contributed by atoms with Gasteiger partial charge < -0.3 is 14.3 Å². The molecule has 194 valence electrons. The molecule has 5 aromatic rings. The maximum Gasteiger partial charge on any atom is 0.248 e. The average Bonchev–Trinajstić information content (AvgIpc) is 3.61. The van der Waals surface area contributed by atoms with Gasteiger partial charge in [-0.15, -0.1) is 11.3 Å². The summed E-state index contributed by atoms with van der Waals surface area (Å²) in [5.41, 5.74) is 0.305. The number of carbonyl (C=O) groups excluding carboxylic acids is 1. The average molecular weight is 552 g/mol. The molecule has 0 fully saturated rings. The molecule has 1 amide bonds. The number of aromatic nitrogens is 1. The number of H-pyrrole nitrogens is 1. The largest absolute Gasteiger partial charge is 0.467 e. The number of hydrogen-bond acceptors (Lipinski definition) is 6. The molecule has 0 aliphatic heterocycles. The number of benzene rings is 2. The predicted molar refractivity (Wildman–Crippen MR) is 141 cm³/mol. The molecular formula is C27H22FN3O5S2. The molecule has 0 saturated carbocycles. The number of fused-ring (bicyclic) bond motifs is 1. The van der Waals surface area contributed by atoms with Gasteiger partial charge in [0.15, 0.2) is 0 Å². The Hall–Kier alpha value is -4.06. The molecule has 38 heavy (non-hydrogen) atoms. The summed E-state index contributed by atoms with van der Waals surface area (Å²) in [6, 6.07) is 18.0. The van der Waals surface area contributed by atoms with Gasteiger partial charge in [-0.1, -0.05) is 18.2 Å². The minimum absolute atomic E-state index is 0.0839. The maximum absolute atomic E-state index is 14.2. The van der Waals surface area contributed by atoms with E-state index < -0.39 is 27.8 Å². The van der Waals surface area contributed by atoms with E-state index in [0.717, 1.165) is 10.9 Å². The molecule has 0 radical (unpaired) electrons. The highest BCUT2D eigenvalue weighted by atomic mass is 32.2. The van der Waals surface area contributed by atoms with E-state index in [1.807, 2.05) is 17.5 Å². The van der Waals surface area contributed by atoms with Crippen molar-refractivity contribution in [2.45, 2.75) is 24.0 Å². The lowest BCUT2D eigenvalue weighted by Gasteiger charge is -2.27. The van der Waals surface area contributed by atoms with E-state index in [2.05, 4.69) is 9.71 Å². The Morgan fingerprint density at radius 1 is 1.03 bits per heavy atom. The highest BCUT2D eigenvalue weighted by molar-refractivity contribution is 7.89. The van der Waals surface area contributed by atoms with Gasteiger partial charge >= 0.3 is 0 Å². The number of nitrogens with one attached hydrogen (secondary N) is 2. The quantitative estimate of drug-likeness (QED) is 0.279. The van der Waals surface area contributed by atoms with Gasteiger partial charge in [0.05, 0.1) is 24.2 Å². The number of rotatable bonds is 9. The van der Waals surface area contributed by atoms with Crippen LogP contribution in [0.25, 0.3) is 10.9 Å². The number of halogens is 1. The molecule has 0 bridgehead atoms. The minimum atomic E-state index is -4.26. The summed E-state index contributed by atoms with van der Waals surface area (Å²) < 4.78 is 49.2. The number of amides is 1. The predicted octanol–water partition coefficient (Wildman–Crippen LogP) is 4.57. The fourth-order valence-corrected chi connectivity index (χ4v) is 5.98. The molecule has 0 aliphatic rings. The fourth-order valence-electron chi connectivity index (χ4n) is 4.05. The molecule has 3 aromatic heterocycles. The first-order valence-corrected chi connectivity index (χ1v) is 13.9. The molecule has 0 saturated heterocycles. The molecule has 3 heterocycles. The van der Waals surface area contributed by atoms with Crippen LogP contribution in [0.1, 0.15) is 22.2 Å². The van der Waals surface area contributed by atoms with Gasteiger partial charge in [-0.05, 0) is 70.9 Å². The van der Waals surface area contributed by atoms with E-state index in [1.54, 1.807) is 12.1 Å². The summed E-state index contributed by atoms with van der Waals surface area (Å²) >= 11 is 1.45. The van der Waals surface area contributed by atoms with Crippen molar-refractivity contribution >= 4 is 38.2 Å². The summed E-state index contributed by atoms with van der Waals surface area (Å²) in [5.74, 6) is -0.668. The van der Waals surface area contributed by atoms with Crippen molar-refractivity contribution in [3.8, 4) is 0 Å². The first-order valence-electron chi connectivity index (χ1n) is 11.5. The van der Waals surface area contributed by atoms with Gasteiger partial charge in [0.25, 0.3) is 0 Å². The summed E-state index contributed by atoms with van der Waals surface area (Å²) in [6.07, 6.45) is 1.49. The van der Waals surface area contributed by atoms with Crippen LogP contribution in [-0.4, -0.2) is 24.2 Å². The molecule has 5 rings (SSSR count). The number of carbonyl (C=O) groups is 1. The van der Waals surface area contributed by atoms with Crippen molar-refractivity contribution in [1.29, 1.82) is 0 Å². The molecule has 2 N–H and O–H groups in total. The van der Waals surface area contributed by atoms with Crippen molar-refractivity contribution in [3.05, 3.63) is 123 Å². The number of sulfonamides is 1. The third-order valence-corrected chi connectivity index (χ3v) is 8.15. The summed E-state index contributed by atoms with van der Waals surface area (Å²) in [5, 5.41) is 2.38. The Balaban J connectivity index is 1.52. The minimum Gasteiger partial charge on any atom is -0.467 e. The lowest BCUT2D eigenvalue weighted by atomic mass is 10.1. The first-order chi connectivity index (χ1) is 18.3. The van der Waals surface area contributed by atoms with Crippen LogP contribution in [0.3, 0.4) is 0 Å². The Kier molecular flexibility index (Phi) is 7.23.